The van der Waals surface area contributed by atoms with Gasteiger partial charge < -0.3 is 9.84 Å². The lowest BCUT2D eigenvalue weighted by molar-refractivity contribution is -0.116. The fourth-order valence-corrected chi connectivity index (χ4v) is 3.76. The second-order valence-corrected chi connectivity index (χ2v) is 7.21. The van der Waals surface area contributed by atoms with Gasteiger partial charge in [0.1, 0.15) is 11.4 Å². The van der Waals surface area contributed by atoms with E-state index >= 15 is 0 Å². The first-order valence-corrected chi connectivity index (χ1v) is 8.73. The van der Waals surface area contributed by atoms with Crippen molar-refractivity contribution in [3.8, 4) is 0 Å². The molecular weight excluding hydrogens is 318 g/mol. The van der Waals surface area contributed by atoms with E-state index in [0.717, 1.165) is 5.56 Å². The number of hydrogen-bond donors (Lipinski definition) is 2. The van der Waals surface area contributed by atoms with E-state index in [9.17, 15) is 13.2 Å². The van der Waals surface area contributed by atoms with Crippen LogP contribution in [0.3, 0.4) is 0 Å². The summed E-state index contributed by atoms with van der Waals surface area (Å²) in [5.41, 5.74) is 2.32. The number of amides is 1. The standard InChI is InChI=1S/C15H17N3O4S/c1-9-15(10(2)22-17-9)18-23(20,21)12-6-7-13-11(8-12)4-3-5-14(19)16-13/h6-8,18H,3-5H2,1-2H3,(H,16,19). The Hall–Kier alpha value is -2.35. The van der Waals surface area contributed by atoms with Gasteiger partial charge in [-0.05, 0) is 50.5 Å². The predicted molar refractivity (Wildman–Crippen MR) is 84.8 cm³/mol. The summed E-state index contributed by atoms with van der Waals surface area (Å²) in [5, 5.41) is 6.52. The SMILES string of the molecule is Cc1noc(C)c1NS(=O)(=O)c1ccc2c(c1)CCCC(=O)N2. The number of hydrogen-bond acceptors (Lipinski definition) is 5. The molecule has 3 rings (SSSR count). The van der Waals surface area contributed by atoms with E-state index in [4.69, 9.17) is 4.52 Å². The highest BCUT2D eigenvalue weighted by Gasteiger charge is 2.21. The van der Waals surface area contributed by atoms with Crippen LogP contribution in [0.1, 0.15) is 29.9 Å². The van der Waals surface area contributed by atoms with Crippen LogP contribution in [0.4, 0.5) is 11.4 Å². The summed E-state index contributed by atoms with van der Waals surface area (Å²) in [6.07, 6.45) is 1.79. The van der Waals surface area contributed by atoms with Crippen molar-refractivity contribution in [1.29, 1.82) is 0 Å². The molecule has 0 aliphatic carbocycles. The minimum Gasteiger partial charge on any atom is -0.359 e. The Morgan fingerprint density at radius 2 is 2.04 bits per heavy atom. The van der Waals surface area contributed by atoms with Gasteiger partial charge in [-0.2, -0.15) is 0 Å². The van der Waals surface area contributed by atoms with Crippen LogP contribution in [0.2, 0.25) is 0 Å². The molecule has 0 atom stereocenters. The van der Waals surface area contributed by atoms with E-state index < -0.39 is 10.0 Å². The minimum atomic E-state index is -3.75. The molecule has 2 N–H and O–H groups in total. The van der Waals surface area contributed by atoms with E-state index in [0.29, 0.717) is 42.1 Å². The molecule has 1 aliphatic rings. The third kappa shape index (κ3) is 3.07. The Morgan fingerprint density at radius 3 is 2.74 bits per heavy atom. The Balaban J connectivity index is 1.95. The van der Waals surface area contributed by atoms with Crippen molar-refractivity contribution in [3.05, 3.63) is 35.2 Å². The molecule has 122 valence electrons. The smallest absolute Gasteiger partial charge is 0.262 e. The maximum Gasteiger partial charge on any atom is 0.262 e. The molecule has 1 aromatic heterocycles. The van der Waals surface area contributed by atoms with E-state index in [-0.39, 0.29) is 10.8 Å². The molecule has 1 aliphatic heterocycles. The molecule has 0 fully saturated rings. The van der Waals surface area contributed by atoms with Gasteiger partial charge in [0.25, 0.3) is 10.0 Å². The van der Waals surface area contributed by atoms with Gasteiger partial charge in [0, 0.05) is 12.1 Å². The Morgan fingerprint density at radius 1 is 1.26 bits per heavy atom. The normalized spacial score (nSPS) is 14.8. The zero-order valence-electron chi connectivity index (χ0n) is 12.8. The molecule has 0 spiro atoms. The number of carbonyl (C=O) groups excluding carboxylic acids is 1. The van der Waals surface area contributed by atoms with Crippen LogP contribution in [0.15, 0.2) is 27.6 Å². The predicted octanol–water partition coefficient (Wildman–Crippen LogP) is 2.37. The molecule has 0 radical (unpaired) electrons. The van der Waals surface area contributed by atoms with Crippen LogP contribution < -0.4 is 10.0 Å². The van der Waals surface area contributed by atoms with Crippen LogP contribution >= 0.6 is 0 Å². The van der Waals surface area contributed by atoms with E-state index in [1.807, 2.05) is 0 Å². The lowest BCUT2D eigenvalue weighted by Gasteiger charge is -2.11. The Bertz CT molecular complexity index is 851. The van der Waals surface area contributed by atoms with Crippen LogP contribution in [-0.2, 0) is 21.2 Å². The second kappa shape index (κ2) is 5.69. The monoisotopic (exact) mass is 335 g/mol. The number of nitrogens with one attached hydrogen (secondary N) is 2. The van der Waals surface area contributed by atoms with Crippen molar-refractivity contribution in [3.63, 3.8) is 0 Å². The molecule has 0 saturated heterocycles. The van der Waals surface area contributed by atoms with Gasteiger partial charge in [-0.1, -0.05) is 5.16 Å². The average molecular weight is 335 g/mol. The van der Waals surface area contributed by atoms with Crippen LogP contribution in [-0.4, -0.2) is 19.5 Å². The number of aromatic nitrogens is 1. The Kier molecular flexibility index (Phi) is 3.85. The van der Waals surface area contributed by atoms with Crippen molar-refractivity contribution in [2.75, 3.05) is 10.0 Å². The number of anilines is 2. The van der Waals surface area contributed by atoms with Gasteiger partial charge in [-0.3, -0.25) is 9.52 Å². The summed E-state index contributed by atoms with van der Waals surface area (Å²) < 4.78 is 32.6. The van der Waals surface area contributed by atoms with E-state index in [1.54, 1.807) is 26.0 Å². The summed E-state index contributed by atoms with van der Waals surface area (Å²) in [4.78, 5) is 11.7. The van der Waals surface area contributed by atoms with Crippen LogP contribution in [0, 0.1) is 13.8 Å². The van der Waals surface area contributed by atoms with Crippen molar-refractivity contribution in [1.82, 2.24) is 5.16 Å². The molecule has 2 heterocycles. The highest BCUT2D eigenvalue weighted by Crippen LogP contribution is 2.27. The molecule has 0 bridgehead atoms. The fourth-order valence-electron chi connectivity index (χ4n) is 2.54. The summed E-state index contributed by atoms with van der Waals surface area (Å²) >= 11 is 0. The van der Waals surface area contributed by atoms with Gasteiger partial charge in [0.2, 0.25) is 5.91 Å². The summed E-state index contributed by atoms with van der Waals surface area (Å²) in [6.45, 7) is 3.31. The lowest BCUT2D eigenvalue weighted by Crippen LogP contribution is -2.15. The van der Waals surface area contributed by atoms with E-state index in [1.165, 1.54) is 6.07 Å². The second-order valence-electron chi connectivity index (χ2n) is 5.53. The minimum absolute atomic E-state index is 0.0480. The molecule has 2 aromatic rings. The van der Waals surface area contributed by atoms with E-state index in [2.05, 4.69) is 15.2 Å². The molecule has 8 heteroatoms. The van der Waals surface area contributed by atoms with Crippen molar-refractivity contribution < 1.29 is 17.7 Å². The number of aryl methyl sites for hydroxylation is 3. The van der Waals surface area contributed by atoms with Gasteiger partial charge >= 0.3 is 0 Å². The highest BCUT2D eigenvalue weighted by atomic mass is 32.2. The number of fused-ring (bicyclic) bond motifs is 1. The lowest BCUT2D eigenvalue weighted by atomic mass is 10.1. The van der Waals surface area contributed by atoms with Crippen molar-refractivity contribution in [2.24, 2.45) is 0 Å². The molecular formula is C15H17N3O4S. The number of benzene rings is 1. The zero-order valence-corrected chi connectivity index (χ0v) is 13.7. The quantitative estimate of drug-likeness (QED) is 0.896. The molecule has 1 aromatic carbocycles. The third-order valence-electron chi connectivity index (χ3n) is 3.78. The maximum atomic E-state index is 12.6. The number of rotatable bonds is 3. The van der Waals surface area contributed by atoms with Gasteiger partial charge in [0.15, 0.2) is 5.76 Å². The highest BCUT2D eigenvalue weighted by molar-refractivity contribution is 7.92. The first kappa shape index (κ1) is 15.5. The van der Waals surface area contributed by atoms with Crippen LogP contribution in [0.5, 0.6) is 0 Å². The van der Waals surface area contributed by atoms with Crippen molar-refractivity contribution >= 4 is 27.3 Å². The largest absolute Gasteiger partial charge is 0.359 e. The molecule has 1 amide bonds. The molecule has 7 nitrogen and oxygen atoms in total. The first-order chi connectivity index (χ1) is 10.9. The topological polar surface area (TPSA) is 101 Å². The molecule has 0 unspecified atom stereocenters. The van der Waals surface area contributed by atoms with Crippen molar-refractivity contribution in [2.45, 2.75) is 38.0 Å². The zero-order chi connectivity index (χ0) is 16.6. The summed E-state index contributed by atoms with van der Waals surface area (Å²) in [5.74, 6) is 0.362. The molecule has 0 saturated carbocycles. The number of nitrogens with zero attached hydrogens (tertiary/aromatic N) is 1. The Labute approximate surface area is 134 Å². The number of carbonyl (C=O) groups is 1. The van der Waals surface area contributed by atoms with Gasteiger partial charge in [-0.15, -0.1) is 0 Å². The van der Waals surface area contributed by atoms with Gasteiger partial charge in [0.05, 0.1) is 4.90 Å². The average Bonchev–Trinajstić information content (AvgIpc) is 2.71. The summed E-state index contributed by atoms with van der Waals surface area (Å²) in [6, 6.07) is 4.70. The first-order valence-electron chi connectivity index (χ1n) is 7.25. The number of sulfonamides is 1. The van der Waals surface area contributed by atoms with Crippen LogP contribution in [0.25, 0.3) is 0 Å². The summed E-state index contributed by atoms with van der Waals surface area (Å²) in [7, 11) is -3.75. The van der Waals surface area contributed by atoms with Gasteiger partial charge in [-0.25, -0.2) is 8.42 Å². The fraction of sp³-hybridized carbons (Fsp3) is 0.333. The molecule has 23 heavy (non-hydrogen) atoms. The third-order valence-corrected chi connectivity index (χ3v) is 5.13. The maximum absolute atomic E-state index is 12.6.